The van der Waals surface area contributed by atoms with Crippen molar-refractivity contribution in [3.63, 3.8) is 0 Å². The first-order valence-electron chi connectivity index (χ1n) is 7.06. The van der Waals surface area contributed by atoms with E-state index in [0.717, 1.165) is 24.4 Å². The zero-order valence-corrected chi connectivity index (χ0v) is 12.8. The minimum Gasteiger partial charge on any atom is -0.488 e. The number of nitrogens with zero attached hydrogens (tertiary/aromatic N) is 3. The Morgan fingerprint density at radius 3 is 3.10 bits per heavy atom. The van der Waals surface area contributed by atoms with Crippen LogP contribution in [0.15, 0.2) is 18.3 Å². The summed E-state index contributed by atoms with van der Waals surface area (Å²) in [6.45, 7) is 3.75. The molecule has 1 unspecified atom stereocenters. The van der Waals surface area contributed by atoms with E-state index in [-0.39, 0.29) is 12.0 Å². The molecule has 0 radical (unpaired) electrons. The number of rotatable bonds is 4. The van der Waals surface area contributed by atoms with E-state index >= 15 is 0 Å². The lowest BCUT2D eigenvalue weighted by Crippen LogP contribution is -2.29. The Bertz CT molecular complexity index is 560. The minimum absolute atomic E-state index is 0.0298. The van der Waals surface area contributed by atoms with Crippen molar-refractivity contribution in [1.82, 2.24) is 14.8 Å². The lowest BCUT2D eigenvalue weighted by molar-refractivity contribution is -0.124. The van der Waals surface area contributed by atoms with Gasteiger partial charge in [0.25, 0.3) is 5.91 Å². The largest absolute Gasteiger partial charge is 0.488 e. The fourth-order valence-electron chi connectivity index (χ4n) is 2.33. The summed E-state index contributed by atoms with van der Waals surface area (Å²) in [5, 5.41) is 0. The molecule has 1 aliphatic heterocycles. The number of amides is 1. The molecule has 0 bridgehead atoms. The second-order valence-electron chi connectivity index (χ2n) is 5.38. The van der Waals surface area contributed by atoms with Crippen molar-refractivity contribution in [2.24, 2.45) is 0 Å². The topological polar surface area (TPSA) is 45.7 Å². The monoisotopic (exact) mass is 287 g/mol. The summed E-state index contributed by atoms with van der Waals surface area (Å²) in [7, 11) is 4.01. The molecule has 5 nitrogen and oxygen atoms in total. The molecule has 1 saturated heterocycles. The Morgan fingerprint density at radius 1 is 1.57 bits per heavy atom. The SMILES string of the molecule is CC#CC(=O)N1CCC(Oc2ccnc(CN(C)C)c2)C1. The zero-order valence-electron chi connectivity index (χ0n) is 12.8. The Hall–Kier alpha value is -2.06. The summed E-state index contributed by atoms with van der Waals surface area (Å²) in [4.78, 5) is 19.8. The normalized spacial score (nSPS) is 17.5. The molecule has 0 spiro atoms. The molecule has 21 heavy (non-hydrogen) atoms. The second kappa shape index (κ2) is 7.09. The molecule has 112 valence electrons. The van der Waals surface area contributed by atoms with Gasteiger partial charge in [-0.1, -0.05) is 5.92 Å². The van der Waals surface area contributed by atoms with Crippen molar-refractivity contribution in [2.75, 3.05) is 27.2 Å². The standard InChI is InChI=1S/C16H21N3O2/c1-4-5-16(20)19-9-7-15(12-19)21-14-6-8-17-13(10-14)11-18(2)3/h6,8,10,15H,7,9,11-12H2,1-3H3. The van der Waals surface area contributed by atoms with Gasteiger partial charge >= 0.3 is 0 Å². The summed E-state index contributed by atoms with van der Waals surface area (Å²) < 4.78 is 5.96. The molecule has 1 amide bonds. The average Bonchev–Trinajstić information content (AvgIpc) is 2.87. The van der Waals surface area contributed by atoms with E-state index in [2.05, 4.69) is 21.7 Å². The average molecular weight is 287 g/mol. The third kappa shape index (κ3) is 4.47. The Labute approximate surface area is 125 Å². The van der Waals surface area contributed by atoms with Crippen LogP contribution in [-0.2, 0) is 11.3 Å². The Balaban J connectivity index is 1.93. The molecule has 1 aromatic rings. The third-order valence-electron chi connectivity index (χ3n) is 3.23. The first-order chi connectivity index (χ1) is 10.1. The smallest absolute Gasteiger partial charge is 0.298 e. The quantitative estimate of drug-likeness (QED) is 0.779. The molecular formula is C16H21N3O2. The highest BCUT2D eigenvalue weighted by Crippen LogP contribution is 2.19. The number of likely N-dealkylation sites (tertiary alicyclic amines) is 1. The molecule has 0 aromatic carbocycles. The molecule has 2 rings (SSSR count). The van der Waals surface area contributed by atoms with Gasteiger partial charge < -0.3 is 14.5 Å². The maximum absolute atomic E-state index is 11.7. The summed E-state index contributed by atoms with van der Waals surface area (Å²) in [5.74, 6) is 5.90. The molecule has 1 fully saturated rings. The lowest BCUT2D eigenvalue weighted by Gasteiger charge is -2.16. The van der Waals surface area contributed by atoms with E-state index in [1.54, 1.807) is 18.0 Å². The second-order valence-corrected chi connectivity index (χ2v) is 5.38. The molecule has 2 heterocycles. The zero-order chi connectivity index (χ0) is 15.2. The van der Waals surface area contributed by atoms with E-state index in [1.807, 2.05) is 26.2 Å². The molecule has 1 aliphatic rings. The summed E-state index contributed by atoms with van der Waals surface area (Å²) >= 11 is 0. The Kier molecular flexibility index (Phi) is 5.18. The van der Waals surface area contributed by atoms with Crippen molar-refractivity contribution in [1.29, 1.82) is 0 Å². The molecule has 0 aliphatic carbocycles. The van der Waals surface area contributed by atoms with Gasteiger partial charge in [-0.3, -0.25) is 9.78 Å². The van der Waals surface area contributed by atoms with Gasteiger partial charge in [0.05, 0.1) is 12.2 Å². The van der Waals surface area contributed by atoms with E-state index in [4.69, 9.17) is 4.74 Å². The van der Waals surface area contributed by atoms with Crippen LogP contribution in [0.2, 0.25) is 0 Å². The molecular weight excluding hydrogens is 266 g/mol. The molecule has 1 aromatic heterocycles. The summed E-state index contributed by atoms with van der Waals surface area (Å²) in [5.41, 5.74) is 0.972. The van der Waals surface area contributed by atoms with Crippen LogP contribution in [0.5, 0.6) is 5.75 Å². The van der Waals surface area contributed by atoms with Gasteiger partial charge in [-0.15, -0.1) is 0 Å². The Morgan fingerprint density at radius 2 is 2.38 bits per heavy atom. The molecule has 0 saturated carbocycles. The van der Waals surface area contributed by atoms with Crippen molar-refractivity contribution in [2.45, 2.75) is 26.0 Å². The fraction of sp³-hybridized carbons (Fsp3) is 0.500. The number of carbonyl (C=O) groups is 1. The van der Waals surface area contributed by atoms with Crippen LogP contribution in [0.4, 0.5) is 0 Å². The van der Waals surface area contributed by atoms with E-state index < -0.39 is 0 Å². The van der Waals surface area contributed by atoms with Crippen molar-refractivity contribution >= 4 is 5.91 Å². The summed E-state index contributed by atoms with van der Waals surface area (Å²) in [6.07, 6.45) is 2.62. The van der Waals surface area contributed by atoms with Crippen LogP contribution in [0.25, 0.3) is 0 Å². The number of hydrogen-bond donors (Lipinski definition) is 0. The number of ether oxygens (including phenoxy) is 1. The van der Waals surface area contributed by atoms with Crippen LogP contribution in [-0.4, -0.2) is 54.0 Å². The van der Waals surface area contributed by atoms with E-state index in [9.17, 15) is 4.79 Å². The van der Waals surface area contributed by atoms with Crippen LogP contribution >= 0.6 is 0 Å². The van der Waals surface area contributed by atoms with Crippen LogP contribution in [0, 0.1) is 11.8 Å². The third-order valence-corrected chi connectivity index (χ3v) is 3.23. The first kappa shape index (κ1) is 15.3. The van der Waals surface area contributed by atoms with E-state index in [0.29, 0.717) is 13.1 Å². The van der Waals surface area contributed by atoms with Crippen LogP contribution in [0.3, 0.4) is 0 Å². The van der Waals surface area contributed by atoms with Crippen LogP contribution < -0.4 is 4.74 Å². The molecule has 0 N–H and O–H groups in total. The minimum atomic E-state index is -0.119. The number of carbonyl (C=O) groups excluding carboxylic acids is 1. The number of hydrogen-bond acceptors (Lipinski definition) is 4. The first-order valence-corrected chi connectivity index (χ1v) is 7.06. The van der Waals surface area contributed by atoms with Crippen molar-refractivity contribution in [3.8, 4) is 17.6 Å². The number of aromatic nitrogens is 1. The maximum atomic E-state index is 11.7. The van der Waals surface area contributed by atoms with Gasteiger partial charge in [0.1, 0.15) is 11.9 Å². The highest BCUT2D eigenvalue weighted by atomic mass is 16.5. The molecule has 1 atom stereocenters. The van der Waals surface area contributed by atoms with Crippen molar-refractivity contribution < 1.29 is 9.53 Å². The predicted molar refractivity (Wildman–Crippen MR) is 80.7 cm³/mol. The fourth-order valence-corrected chi connectivity index (χ4v) is 2.33. The maximum Gasteiger partial charge on any atom is 0.298 e. The van der Waals surface area contributed by atoms with E-state index in [1.165, 1.54) is 0 Å². The van der Waals surface area contributed by atoms with Gasteiger partial charge in [0, 0.05) is 31.8 Å². The van der Waals surface area contributed by atoms with Gasteiger partial charge in [0.15, 0.2) is 0 Å². The predicted octanol–water partition coefficient (Wildman–Crippen LogP) is 1.15. The number of pyridine rings is 1. The highest BCUT2D eigenvalue weighted by Gasteiger charge is 2.26. The summed E-state index contributed by atoms with van der Waals surface area (Å²) in [6, 6.07) is 3.81. The van der Waals surface area contributed by atoms with Gasteiger partial charge in [-0.05, 0) is 33.0 Å². The highest BCUT2D eigenvalue weighted by molar-refractivity contribution is 5.93. The van der Waals surface area contributed by atoms with Gasteiger partial charge in [-0.25, -0.2) is 0 Å². The molecule has 5 heteroatoms. The van der Waals surface area contributed by atoms with Gasteiger partial charge in [-0.2, -0.15) is 0 Å². The lowest BCUT2D eigenvalue weighted by atomic mass is 10.3. The van der Waals surface area contributed by atoms with Crippen molar-refractivity contribution in [3.05, 3.63) is 24.0 Å². The van der Waals surface area contributed by atoms with Gasteiger partial charge in [0.2, 0.25) is 0 Å². The van der Waals surface area contributed by atoms with Crippen LogP contribution in [0.1, 0.15) is 19.0 Å².